The van der Waals surface area contributed by atoms with Crippen molar-refractivity contribution >= 4 is 7.82 Å². The van der Waals surface area contributed by atoms with Crippen molar-refractivity contribution in [2.24, 2.45) is 0 Å². The van der Waals surface area contributed by atoms with Gasteiger partial charge in [0.2, 0.25) is 0 Å². The molecule has 0 N–H and O–H groups in total. The third-order valence-corrected chi connectivity index (χ3v) is 2.22. The molecule has 0 atom stereocenters. The predicted octanol–water partition coefficient (Wildman–Crippen LogP) is -4.89. The molecule has 0 saturated heterocycles. The van der Waals surface area contributed by atoms with Gasteiger partial charge in [-0.3, -0.25) is 0 Å². The van der Waals surface area contributed by atoms with Crippen molar-refractivity contribution in [1.82, 2.24) is 0 Å². The van der Waals surface area contributed by atoms with Gasteiger partial charge in [0.15, 0.2) is 0 Å². The van der Waals surface area contributed by atoms with Gasteiger partial charge < -0.3 is 18.9 Å². The third kappa shape index (κ3) is 5.99. The molecule has 0 spiro atoms. The molecule has 0 amide bonds. The van der Waals surface area contributed by atoms with Crippen LogP contribution in [0, 0.1) is 0 Å². The molecule has 0 aliphatic heterocycles. The Morgan fingerprint density at radius 2 is 1.28 bits per heavy atom. The summed E-state index contributed by atoms with van der Waals surface area (Å²) < 4.78 is 85.6. The molecule has 0 saturated carbocycles. The van der Waals surface area contributed by atoms with Gasteiger partial charge in [0, 0.05) is 0 Å². The van der Waals surface area contributed by atoms with Crippen molar-refractivity contribution in [1.29, 1.82) is 0 Å². The topological polar surface area (TPSA) is 72.4 Å². The number of phosphoric acid groups is 1. The Hall–Kier alpha value is 1.69. The summed E-state index contributed by atoms with van der Waals surface area (Å²) in [5, 5.41) is 0. The number of phosphoric ester groups is 1. The molecule has 0 aromatic heterocycles. The quantitative estimate of drug-likeness (QED) is 0.297. The van der Waals surface area contributed by atoms with E-state index in [1.54, 1.807) is 0 Å². The van der Waals surface area contributed by atoms with Crippen LogP contribution in [0.1, 0.15) is 13.3 Å². The van der Waals surface area contributed by atoms with Crippen LogP contribution in [0.15, 0.2) is 0 Å². The van der Waals surface area contributed by atoms with Crippen LogP contribution in [0.5, 0.6) is 0 Å². The Balaban J connectivity index is -0.00000112. The second-order valence-electron chi connectivity index (χ2n) is 2.71. The predicted molar refractivity (Wildman–Crippen MR) is 33.8 cm³/mol. The molecule has 0 radical (unpaired) electrons. The molecule has 18 heavy (non-hydrogen) atoms. The van der Waals surface area contributed by atoms with Crippen molar-refractivity contribution < 1.29 is 104 Å². The smallest absolute Gasteiger partial charge is 0.790 e. The van der Waals surface area contributed by atoms with Gasteiger partial charge in [-0.15, -0.1) is 0 Å². The van der Waals surface area contributed by atoms with E-state index in [1.165, 1.54) is 0 Å². The second kappa shape index (κ2) is 7.63. The number of hydrogen-bond donors (Lipinski definition) is 0. The largest absolute Gasteiger partial charge is 1.00 e. The Bertz CT molecular complexity index is 285. The van der Waals surface area contributed by atoms with Gasteiger partial charge in [-0.25, -0.2) is 0 Å². The number of halogens is 6. The van der Waals surface area contributed by atoms with E-state index in [0.29, 0.717) is 6.92 Å². The first-order valence-corrected chi connectivity index (χ1v) is 5.09. The first-order chi connectivity index (χ1) is 6.77. The van der Waals surface area contributed by atoms with Crippen LogP contribution in [-0.2, 0) is 9.09 Å². The molecular weight excluding hydrogens is 315 g/mol. The first-order valence-electron chi connectivity index (χ1n) is 3.63. The van der Waals surface area contributed by atoms with Gasteiger partial charge in [-0.05, 0) is 6.42 Å². The monoisotopic (exact) mass is 320 g/mol. The Morgan fingerprint density at radius 3 is 1.33 bits per heavy atom. The van der Waals surface area contributed by atoms with Crippen LogP contribution in [0.4, 0.5) is 26.3 Å². The maximum absolute atomic E-state index is 12.2. The molecule has 0 heterocycles. The van der Waals surface area contributed by atoms with E-state index in [0.717, 1.165) is 0 Å². The number of rotatable bonds is 3. The van der Waals surface area contributed by atoms with E-state index in [-0.39, 0.29) is 59.1 Å². The normalized spacial score (nSPS) is 13.6. The molecular formula is C5H5F6Na2O4P. The van der Waals surface area contributed by atoms with E-state index in [9.17, 15) is 40.7 Å². The van der Waals surface area contributed by atoms with E-state index < -0.39 is 32.2 Å². The van der Waals surface area contributed by atoms with E-state index >= 15 is 0 Å². The van der Waals surface area contributed by atoms with Crippen LogP contribution >= 0.6 is 7.82 Å². The third-order valence-electron chi connectivity index (χ3n) is 1.68. The Labute approximate surface area is 142 Å². The maximum Gasteiger partial charge on any atom is 1.00 e. The fraction of sp³-hybridized carbons (Fsp3) is 1.00. The summed E-state index contributed by atoms with van der Waals surface area (Å²) in [5.74, 6) is 0. The minimum atomic E-state index is -6.44. The molecule has 0 aromatic rings. The van der Waals surface area contributed by atoms with Crippen LogP contribution in [-0.4, -0.2) is 18.0 Å². The SMILES string of the molecule is CCC(OP(=O)([O-])[O-])(C(F)(F)F)C(F)(F)F.[Na+].[Na+]. The molecule has 13 heteroatoms. The van der Waals surface area contributed by atoms with Gasteiger partial charge in [-0.2, -0.15) is 26.3 Å². The van der Waals surface area contributed by atoms with Crippen LogP contribution < -0.4 is 68.9 Å². The molecule has 0 unspecified atom stereocenters. The standard InChI is InChI=1S/C5H7F6O4P.2Na/c1-2-3(4(6,7)8,5(9,10)11)15-16(12,13)14;;/h2H2,1H3,(H2,12,13,14);;/q;2*+1/p-2. The van der Waals surface area contributed by atoms with E-state index in [4.69, 9.17) is 0 Å². The summed E-state index contributed by atoms with van der Waals surface area (Å²) in [4.78, 5) is 19.9. The molecule has 0 aliphatic rings. The van der Waals surface area contributed by atoms with Crippen LogP contribution in [0.25, 0.3) is 0 Å². The summed E-state index contributed by atoms with van der Waals surface area (Å²) in [6.45, 7) is 0.399. The molecule has 0 rings (SSSR count). The van der Waals surface area contributed by atoms with Gasteiger partial charge in [0.05, 0.1) is 7.82 Å². The van der Waals surface area contributed by atoms with Gasteiger partial charge in [0.25, 0.3) is 5.60 Å². The van der Waals surface area contributed by atoms with E-state index in [1.807, 2.05) is 0 Å². The fourth-order valence-electron chi connectivity index (χ4n) is 0.921. The summed E-state index contributed by atoms with van der Waals surface area (Å²) in [6.07, 6.45) is -13.9. The van der Waals surface area contributed by atoms with Gasteiger partial charge in [-0.1, -0.05) is 6.92 Å². The first kappa shape index (κ1) is 24.7. The molecule has 0 aliphatic carbocycles. The maximum atomic E-state index is 12.2. The zero-order valence-corrected chi connectivity index (χ0v) is 14.4. The zero-order valence-electron chi connectivity index (χ0n) is 9.56. The average Bonchev–Trinajstić information content (AvgIpc) is 1.93. The minimum absolute atomic E-state index is 0. The Morgan fingerprint density at radius 1 is 1.00 bits per heavy atom. The van der Waals surface area contributed by atoms with Gasteiger partial charge in [0.1, 0.15) is 0 Å². The van der Waals surface area contributed by atoms with Crippen molar-refractivity contribution in [2.75, 3.05) is 0 Å². The van der Waals surface area contributed by atoms with Gasteiger partial charge >= 0.3 is 71.5 Å². The van der Waals surface area contributed by atoms with E-state index in [2.05, 4.69) is 4.52 Å². The van der Waals surface area contributed by atoms with Crippen molar-refractivity contribution in [2.45, 2.75) is 31.3 Å². The Kier molecular flexibility index (Phi) is 10.5. The second-order valence-corrected chi connectivity index (χ2v) is 3.79. The minimum Gasteiger partial charge on any atom is -0.790 e. The zero-order chi connectivity index (χ0) is 13.4. The van der Waals surface area contributed by atoms with Crippen molar-refractivity contribution in [3.8, 4) is 0 Å². The van der Waals surface area contributed by atoms with Crippen LogP contribution in [0.3, 0.4) is 0 Å². The summed E-state index contributed by atoms with van der Waals surface area (Å²) in [7, 11) is -6.44. The summed E-state index contributed by atoms with van der Waals surface area (Å²) in [5.41, 5.74) is -4.99. The van der Waals surface area contributed by atoms with Crippen molar-refractivity contribution in [3.63, 3.8) is 0 Å². The van der Waals surface area contributed by atoms with Crippen LogP contribution in [0.2, 0.25) is 0 Å². The summed E-state index contributed by atoms with van der Waals surface area (Å²) in [6, 6.07) is 0. The van der Waals surface area contributed by atoms with Crippen molar-refractivity contribution in [3.05, 3.63) is 0 Å². The average molecular weight is 320 g/mol. The summed E-state index contributed by atoms with van der Waals surface area (Å²) >= 11 is 0. The molecule has 0 fully saturated rings. The number of hydrogen-bond acceptors (Lipinski definition) is 4. The fourth-order valence-corrected chi connectivity index (χ4v) is 1.64. The molecule has 4 nitrogen and oxygen atoms in total. The molecule has 0 aromatic carbocycles. The number of alkyl halides is 6. The molecule has 0 bridgehead atoms. The molecule has 98 valence electrons.